The van der Waals surface area contributed by atoms with Crippen LogP contribution in [0.25, 0.3) is 127 Å². The molecule has 0 bridgehead atoms. The van der Waals surface area contributed by atoms with E-state index in [0.29, 0.717) is 17.6 Å². The van der Waals surface area contributed by atoms with E-state index in [1.807, 2.05) is 66.7 Å². The van der Waals surface area contributed by atoms with E-state index >= 15 is 0 Å². The van der Waals surface area contributed by atoms with Gasteiger partial charge >= 0.3 is 0 Å². The number of rotatable bonds is 5. The van der Waals surface area contributed by atoms with Crippen LogP contribution in [0.3, 0.4) is 0 Å². The van der Waals surface area contributed by atoms with Crippen molar-refractivity contribution in [3.05, 3.63) is 194 Å². The van der Waals surface area contributed by atoms with Gasteiger partial charge in [-0.3, -0.25) is 4.57 Å². The van der Waals surface area contributed by atoms with Gasteiger partial charge in [-0.15, -0.1) is 0 Å². The average Bonchev–Trinajstić information content (AvgIpc) is 4.01. The lowest BCUT2D eigenvalue weighted by atomic mass is 9.96. The van der Waals surface area contributed by atoms with Gasteiger partial charge in [-0.05, 0) is 46.8 Å². The van der Waals surface area contributed by atoms with Gasteiger partial charge in [0.15, 0.2) is 11.6 Å². The molecule has 6 nitrogen and oxygen atoms in total. The van der Waals surface area contributed by atoms with Gasteiger partial charge in [0.1, 0.15) is 22.3 Å². The number of para-hydroxylation sites is 4. The molecule has 0 atom stereocenters. The average molecular weight is 781 g/mol. The second kappa shape index (κ2) is 13.1. The quantitative estimate of drug-likeness (QED) is 0.174. The molecule has 0 spiro atoms. The van der Waals surface area contributed by atoms with Crippen LogP contribution in [0, 0.1) is 0 Å². The number of furan rings is 2. The second-order valence-electron chi connectivity index (χ2n) is 15.5. The Morgan fingerprint density at radius 3 is 1.74 bits per heavy atom. The second-order valence-corrected chi connectivity index (χ2v) is 15.5. The predicted octanol–water partition coefficient (Wildman–Crippen LogP) is 14.6. The van der Waals surface area contributed by atoms with Gasteiger partial charge in [-0.25, -0.2) is 4.98 Å². The number of hydrogen-bond acceptors (Lipinski definition) is 5. The van der Waals surface area contributed by atoms with E-state index in [1.54, 1.807) is 0 Å². The zero-order valence-corrected chi connectivity index (χ0v) is 32.6. The summed E-state index contributed by atoms with van der Waals surface area (Å²) in [5.74, 6) is 1.67. The molecule has 13 aromatic rings. The molecule has 4 aromatic heterocycles. The van der Waals surface area contributed by atoms with E-state index in [2.05, 4.69) is 132 Å². The molecule has 4 heterocycles. The van der Waals surface area contributed by atoms with Crippen molar-refractivity contribution < 1.29 is 8.83 Å². The fourth-order valence-electron chi connectivity index (χ4n) is 9.26. The Hall–Kier alpha value is -8.35. The minimum atomic E-state index is 0.528. The number of benzene rings is 9. The predicted molar refractivity (Wildman–Crippen MR) is 248 cm³/mol. The van der Waals surface area contributed by atoms with Crippen LogP contribution in [0.2, 0.25) is 0 Å². The lowest BCUT2D eigenvalue weighted by Crippen LogP contribution is -2.07. The zero-order chi connectivity index (χ0) is 40.0. The Labute approximate surface area is 348 Å². The SMILES string of the molecule is c1ccc(-c2nc(-c3ccc4c(c3)oc3ccccc34)nc(-n3c4c(-c5cccc(-c6cccc7c6oc6ccccc67)c5)cccc4c4ccc5ccccc5c43)n2)cc1. The van der Waals surface area contributed by atoms with E-state index in [0.717, 1.165) is 110 Å². The summed E-state index contributed by atoms with van der Waals surface area (Å²) >= 11 is 0. The summed E-state index contributed by atoms with van der Waals surface area (Å²) in [4.78, 5) is 15.9. The largest absolute Gasteiger partial charge is 0.456 e. The van der Waals surface area contributed by atoms with Crippen molar-refractivity contribution in [3.63, 3.8) is 0 Å². The van der Waals surface area contributed by atoms with Gasteiger partial charge in [0.2, 0.25) is 5.95 Å². The highest BCUT2D eigenvalue weighted by atomic mass is 16.3. The van der Waals surface area contributed by atoms with Crippen LogP contribution >= 0.6 is 0 Å². The molecule has 0 amide bonds. The van der Waals surface area contributed by atoms with Crippen LogP contribution in [0.5, 0.6) is 0 Å². The first kappa shape index (κ1) is 33.6. The van der Waals surface area contributed by atoms with Crippen molar-refractivity contribution in [3.8, 4) is 51.0 Å². The summed E-state index contributed by atoms with van der Waals surface area (Å²) in [6.07, 6.45) is 0. The minimum Gasteiger partial charge on any atom is -0.456 e. The lowest BCUT2D eigenvalue weighted by molar-refractivity contribution is 0.669. The van der Waals surface area contributed by atoms with Crippen molar-refractivity contribution in [2.45, 2.75) is 0 Å². The van der Waals surface area contributed by atoms with Gasteiger partial charge in [0.05, 0.1) is 11.0 Å². The molecule has 0 saturated heterocycles. The fraction of sp³-hybridized carbons (Fsp3) is 0. The van der Waals surface area contributed by atoms with Gasteiger partial charge in [0.25, 0.3) is 0 Å². The summed E-state index contributed by atoms with van der Waals surface area (Å²) < 4.78 is 15.1. The molecule has 0 N–H and O–H groups in total. The highest BCUT2D eigenvalue weighted by molar-refractivity contribution is 6.21. The zero-order valence-electron chi connectivity index (χ0n) is 32.6. The number of hydrogen-bond donors (Lipinski definition) is 0. The highest BCUT2D eigenvalue weighted by Gasteiger charge is 2.23. The van der Waals surface area contributed by atoms with Crippen molar-refractivity contribution in [1.29, 1.82) is 0 Å². The third-order valence-corrected chi connectivity index (χ3v) is 12.1. The molecule has 6 heteroatoms. The number of nitrogens with zero attached hydrogens (tertiary/aromatic N) is 4. The van der Waals surface area contributed by atoms with Gasteiger partial charge in [-0.1, -0.05) is 164 Å². The van der Waals surface area contributed by atoms with Crippen molar-refractivity contribution in [2.75, 3.05) is 0 Å². The van der Waals surface area contributed by atoms with Crippen LogP contribution < -0.4 is 0 Å². The van der Waals surface area contributed by atoms with E-state index < -0.39 is 0 Å². The first-order valence-corrected chi connectivity index (χ1v) is 20.4. The maximum absolute atomic E-state index is 6.51. The molecule has 13 rings (SSSR count). The molecular formula is C55H32N4O2. The molecule has 0 saturated carbocycles. The maximum atomic E-state index is 6.51. The Morgan fingerprint density at radius 1 is 0.328 bits per heavy atom. The lowest BCUT2D eigenvalue weighted by Gasteiger charge is -2.14. The Balaban J connectivity index is 1.09. The monoisotopic (exact) mass is 780 g/mol. The standard InChI is InChI=1S/C55H32N4O2/c1-2-14-34(15-3-1)53-56-54(37-28-29-43-41-19-6-8-25-47(41)60-49(43)32-37)58-55(57-53)59-50-38-18-5-4-13-33(38)27-30-45(50)44-23-11-21-39(51(44)59)35-16-10-17-36(31-35)40-22-12-24-46-42-20-7-9-26-48(42)61-52(40)46/h1-32H. The minimum absolute atomic E-state index is 0.528. The first-order chi connectivity index (χ1) is 30.2. The van der Waals surface area contributed by atoms with Crippen molar-refractivity contribution in [1.82, 2.24) is 19.5 Å². The smallest absolute Gasteiger partial charge is 0.238 e. The van der Waals surface area contributed by atoms with Crippen LogP contribution in [-0.4, -0.2) is 19.5 Å². The van der Waals surface area contributed by atoms with E-state index in [1.165, 1.54) is 0 Å². The van der Waals surface area contributed by atoms with E-state index in [4.69, 9.17) is 23.8 Å². The van der Waals surface area contributed by atoms with Crippen molar-refractivity contribution >= 4 is 76.5 Å². The van der Waals surface area contributed by atoms with E-state index in [9.17, 15) is 0 Å². The summed E-state index contributed by atoms with van der Waals surface area (Å²) in [6.45, 7) is 0. The van der Waals surface area contributed by atoms with Crippen LogP contribution in [0.1, 0.15) is 0 Å². The summed E-state index contributed by atoms with van der Waals surface area (Å²) in [7, 11) is 0. The third-order valence-electron chi connectivity index (χ3n) is 12.1. The van der Waals surface area contributed by atoms with Crippen LogP contribution in [-0.2, 0) is 0 Å². The van der Waals surface area contributed by atoms with Gasteiger partial charge < -0.3 is 8.83 Å². The van der Waals surface area contributed by atoms with Gasteiger partial charge in [-0.2, -0.15) is 9.97 Å². The molecule has 0 radical (unpaired) electrons. The summed E-state index contributed by atoms with van der Waals surface area (Å²) in [6, 6.07) is 67.4. The highest BCUT2D eigenvalue weighted by Crippen LogP contribution is 2.43. The molecule has 0 unspecified atom stereocenters. The molecule has 61 heavy (non-hydrogen) atoms. The van der Waals surface area contributed by atoms with Crippen molar-refractivity contribution in [2.24, 2.45) is 0 Å². The number of aromatic nitrogens is 4. The first-order valence-electron chi connectivity index (χ1n) is 20.4. The van der Waals surface area contributed by atoms with E-state index in [-0.39, 0.29) is 0 Å². The Morgan fingerprint density at radius 2 is 0.902 bits per heavy atom. The Bertz CT molecular complexity index is 3900. The topological polar surface area (TPSA) is 69.9 Å². The number of fused-ring (bicyclic) bond motifs is 11. The molecule has 0 aliphatic heterocycles. The molecule has 9 aromatic carbocycles. The molecular weight excluding hydrogens is 749 g/mol. The molecule has 0 aliphatic rings. The Kier molecular flexibility index (Phi) is 7.21. The molecule has 0 aliphatic carbocycles. The van der Waals surface area contributed by atoms with Crippen LogP contribution in [0.15, 0.2) is 203 Å². The third kappa shape index (κ3) is 5.19. The van der Waals surface area contributed by atoms with Crippen LogP contribution in [0.4, 0.5) is 0 Å². The normalized spacial score (nSPS) is 11.9. The molecule has 0 fully saturated rings. The fourth-order valence-corrected chi connectivity index (χ4v) is 9.26. The summed E-state index contributed by atoms with van der Waals surface area (Å²) in [5, 5.41) is 8.81. The van der Waals surface area contributed by atoms with Gasteiger partial charge in [0, 0.05) is 60.0 Å². The molecule has 284 valence electrons. The summed E-state index contributed by atoms with van der Waals surface area (Å²) in [5.41, 5.74) is 11.4. The maximum Gasteiger partial charge on any atom is 0.238 e.